The summed E-state index contributed by atoms with van der Waals surface area (Å²) in [6.07, 6.45) is 0.0863. The van der Waals surface area contributed by atoms with Crippen LogP contribution >= 0.6 is 11.6 Å². The molecule has 0 saturated carbocycles. The van der Waals surface area contributed by atoms with E-state index in [0.29, 0.717) is 34.9 Å². The third-order valence-corrected chi connectivity index (χ3v) is 5.00. The molecule has 1 aromatic carbocycles. The summed E-state index contributed by atoms with van der Waals surface area (Å²) in [5.41, 5.74) is 0.807. The van der Waals surface area contributed by atoms with Crippen LogP contribution in [0.4, 0.5) is 0 Å². The van der Waals surface area contributed by atoms with E-state index in [1.165, 1.54) is 0 Å². The van der Waals surface area contributed by atoms with Crippen LogP contribution in [-0.2, 0) is 0 Å². The first-order valence-corrected chi connectivity index (χ1v) is 8.68. The van der Waals surface area contributed by atoms with Crippen molar-refractivity contribution in [3.05, 3.63) is 39.4 Å². The van der Waals surface area contributed by atoms with Gasteiger partial charge in [0, 0.05) is 22.5 Å². The van der Waals surface area contributed by atoms with Gasteiger partial charge in [-0.3, -0.25) is 9.69 Å². The van der Waals surface area contributed by atoms with Crippen molar-refractivity contribution >= 4 is 33.7 Å². The number of halogens is 1. The van der Waals surface area contributed by atoms with E-state index in [1.807, 2.05) is 0 Å². The van der Waals surface area contributed by atoms with Gasteiger partial charge in [-0.05, 0) is 45.4 Å². The van der Waals surface area contributed by atoms with Gasteiger partial charge in [-0.2, -0.15) is 0 Å². The number of fused-ring (bicyclic) bond motifs is 3. The first kappa shape index (κ1) is 16.6. The Labute approximate surface area is 149 Å². The highest BCUT2D eigenvalue weighted by atomic mass is 35.5. The number of likely N-dealkylation sites (tertiary alicyclic amines) is 1. The third-order valence-electron chi connectivity index (χ3n) is 4.76. The molecule has 0 amide bonds. The van der Waals surface area contributed by atoms with Crippen molar-refractivity contribution in [1.29, 1.82) is 0 Å². The number of furan rings is 1. The molecule has 3 aromatic rings. The standard InChI is InChI=1S/C18H20ClN3O3/c1-18(2,3)22-8-10(23)7-12(22)16-20-14-11-6-9(19)4-5-13(11)25-15(14)17(24)21-16/h4-6,10,12,23H,7-8H2,1-3H3,(H,20,21,24)/t10-,12-/m0/s1. The van der Waals surface area contributed by atoms with E-state index in [-0.39, 0.29) is 22.7 Å². The van der Waals surface area contributed by atoms with Crippen molar-refractivity contribution in [3.8, 4) is 0 Å². The number of rotatable bonds is 1. The quantitative estimate of drug-likeness (QED) is 0.695. The van der Waals surface area contributed by atoms with E-state index in [1.54, 1.807) is 18.2 Å². The molecule has 1 fully saturated rings. The number of aliphatic hydroxyl groups excluding tert-OH is 1. The van der Waals surface area contributed by atoms with Crippen LogP contribution in [0.25, 0.3) is 22.1 Å². The number of aliphatic hydroxyl groups is 1. The molecule has 1 aliphatic heterocycles. The lowest BCUT2D eigenvalue weighted by Crippen LogP contribution is -2.42. The Morgan fingerprint density at radius 2 is 2.16 bits per heavy atom. The Hall–Kier alpha value is -1.89. The second kappa shape index (κ2) is 5.56. The van der Waals surface area contributed by atoms with Gasteiger partial charge in [0.05, 0.1) is 12.1 Å². The molecule has 0 radical (unpaired) electrons. The van der Waals surface area contributed by atoms with Crippen LogP contribution in [0.5, 0.6) is 0 Å². The molecule has 2 N–H and O–H groups in total. The minimum absolute atomic E-state index is 0.155. The van der Waals surface area contributed by atoms with Crippen LogP contribution in [-0.4, -0.2) is 38.2 Å². The highest BCUT2D eigenvalue weighted by molar-refractivity contribution is 6.31. The summed E-state index contributed by atoms with van der Waals surface area (Å²) in [5.74, 6) is 0.548. The maximum Gasteiger partial charge on any atom is 0.294 e. The van der Waals surface area contributed by atoms with Crippen LogP contribution in [0.2, 0.25) is 5.02 Å². The van der Waals surface area contributed by atoms with Gasteiger partial charge in [0.15, 0.2) is 0 Å². The molecule has 25 heavy (non-hydrogen) atoms. The maximum absolute atomic E-state index is 12.5. The number of aromatic nitrogens is 2. The van der Waals surface area contributed by atoms with Crippen molar-refractivity contribution in [2.24, 2.45) is 0 Å². The predicted octanol–water partition coefficient (Wildman–Crippen LogP) is 3.23. The van der Waals surface area contributed by atoms with Gasteiger partial charge < -0.3 is 14.5 Å². The average Bonchev–Trinajstić information content (AvgIpc) is 3.08. The summed E-state index contributed by atoms with van der Waals surface area (Å²) in [6.45, 7) is 6.80. The van der Waals surface area contributed by atoms with Crippen molar-refractivity contribution in [2.75, 3.05) is 6.54 Å². The summed E-state index contributed by atoms with van der Waals surface area (Å²) < 4.78 is 5.64. The topological polar surface area (TPSA) is 82.4 Å². The Kier molecular flexibility index (Phi) is 3.68. The number of aromatic amines is 1. The Morgan fingerprint density at radius 1 is 1.40 bits per heavy atom. The van der Waals surface area contributed by atoms with Crippen molar-refractivity contribution in [2.45, 2.75) is 44.9 Å². The number of nitrogens with zero attached hydrogens (tertiary/aromatic N) is 2. The fourth-order valence-electron chi connectivity index (χ4n) is 3.62. The van der Waals surface area contributed by atoms with E-state index >= 15 is 0 Å². The predicted molar refractivity (Wildman–Crippen MR) is 97.0 cm³/mol. The third kappa shape index (κ3) is 2.74. The molecule has 1 saturated heterocycles. The number of hydrogen-bond donors (Lipinski definition) is 2. The minimum Gasteiger partial charge on any atom is -0.449 e. The molecule has 4 rings (SSSR count). The first-order chi connectivity index (χ1) is 11.7. The second-order valence-electron chi connectivity index (χ2n) is 7.60. The van der Waals surface area contributed by atoms with Crippen molar-refractivity contribution in [1.82, 2.24) is 14.9 Å². The number of H-pyrrole nitrogens is 1. The highest BCUT2D eigenvalue weighted by Crippen LogP contribution is 2.36. The minimum atomic E-state index is -0.444. The highest BCUT2D eigenvalue weighted by Gasteiger charge is 2.39. The lowest BCUT2D eigenvalue weighted by atomic mass is 10.0. The molecular formula is C18H20ClN3O3. The van der Waals surface area contributed by atoms with Gasteiger partial charge in [0.25, 0.3) is 5.56 Å². The molecule has 132 valence electrons. The molecular weight excluding hydrogens is 342 g/mol. The Morgan fingerprint density at radius 3 is 2.88 bits per heavy atom. The van der Waals surface area contributed by atoms with Crippen molar-refractivity contribution in [3.63, 3.8) is 0 Å². The zero-order valence-corrected chi connectivity index (χ0v) is 15.1. The van der Waals surface area contributed by atoms with E-state index < -0.39 is 6.10 Å². The molecule has 2 aromatic heterocycles. The molecule has 1 aliphatic rings. The van der Waals surface area contributed by atoms with E-state index in [2.05, 4.69) is 35.6 Å². The fraction of sp³-hybridized carbons (Fsp3) is 0.444. The zero-order valence-electron chi connectivity index (χ0n) is 14.3. The lowest BCUT2D eigenvalue weighted by Gasteiger charge is -2.36. The molecule has 2 atom stereocenters. The van der Waals surface area contributed by atoms with E-state index in [9.17, 15) is 9.90 Å². The number of β-amino-alcohol motifs (C(OH)–C–C–N with tert-alkyl or cyclic N) is 1. The molecule has 7 heteroatoms. The van der Waals surface area contributed by atoms with Crippen LogP contribution in [0.3, 0.4) is 0 Å². The van der Waals surface area contributed by atoms with Gasteiger partial charge in [-0.25, -0.2) is 4.98 Å². The summed E-state index contributed by atoms with van der Waals surface area (Å²) in [4.78, 5) is 22.2. The second-order valence-corrected chi connectivity index (χ2v) is 8.04. The summed E-state index contributed by atoms with van der Waals surface area (Å²) in [6, 6.07) is 5.05. The monoisotopic (exact) mass is 361 g/mol. The van der Waals surface area contributed by atoms with Gasteiger partial charge in [0.1, 0.15) is 16.9 Å². The van der Waals surface area contributed by atoms with Crippen LogP contribution in [0, 0.1) is 0 Å². The summed E-state index contributed by atoms with van der Waals surface area (Å²) >= 11 is 6.09. The SMILES string of the molecule is CC(C)(C)N1C[C@@H](O)C[C@H]1c1nc2c(oc3ccc(Cl)cc32)c(=O)[nH]1. The lowest BCUT2D eigenvalue weighted by molar-refractivity contribution is 0.101. The fourth-order valence-corrected chi connectivity index (χ4v) is 3.79. The molecule has 6 nitrogen and oxygen atoms in total. The number of nitrogens with one attached hydrogen (secondary N) is 1. The van der Waals surface area contributed by atoms with Crippen LogP contribution in [0.1, 0.15) is 39.1 Å². The first-order valence-electron chi connectivity index (χ1n) is 8.31. The summed E-state index contributed by atoms with van der Waals surface area (Å²) in [7, 11) is 0. The molecule has 0 spiro atoms. The van der Waals surface area contributed by atoms with Crippen LogP contribution in [0.15, 0.2) is 27.4 Å². The molecule has 0 aliphatic carbocycles. The van der Waals surface area contributed by atoms with E-state index in [0.717, 1.165) is 5.39 Å². The number of benzene rings is 1. The van der Waals surface area contributed by atoms with E-state index in [4.69, 9.17) is 16.0 Å². The maximum atomic E-state index is 12.5. The molecule has 3 heterocycles. The van der Waals surface area contributed by atoms with Crippen LogP contribution < -0.4 is 5.56 Å². The normalized spacial score (nSPS) is 22.3. The zero-order chi connectivity index (χ0) is 17.9. The van der Waals surface area contributed by atoms with Gasteiger partial charge in [-0.15, -0.1) is 0 Å². The summed E-state index contributed by atoms with van der Waals surface area (Å²) in [5, 5.41) is 11.4. The Balaban J connectivity index is 1.92. The Bertz CT molecular complexity index is 1020. The average molecular weight is 362 g/mol. The molecule has 0 unspecified atom stereocenters. The van der Waals surface area contributed by atoms with Gasteiger partial charge in [-0.1, -0.05) is 11.6 Å². The largest absolute Gasteiger partial charge is 0.449 e. The molecule has 0 bridgehead atoms. The van der Waals surface area contributed by atoms with Gasteiger partial charge >= 0.3 is 0 Å². The van der Waals surface area contributed by atoms with Gasteiger partial charge in [0.2, 0.25) is 5.58 Å². The van der Waals surface area contributed by atoms with Crippen molar-refractivity contribution < 1.29 is 9.52 Å². The number of hydrogen-bond acceptors (Lipinski definition) is 5. The smallest absolute Gasteiger partial charge is 0.294 e.